The number of nitrogens with one attached hydrogen (secondary N) is 1. The van der Waals surface area contributed by atoms with Crippen molar-refractivity contribution >= 4 is 5.91 Å². The Kier molecular flexibility index (Phi) is 4.91. The zero-order valence-electron chi connectivity index (χ0n) is 13.4. The molecular weight excluding hydrogens is 304 g/mol. The monoisotopic (exact) mass is 322 g/mol. The maximum Gasteiger partial charge on any atom is 0.258 e. The molecule has 0 spiro atoms. The van der Waals surface area contributed by atoms with Crippen LogP contribution in [0, 0.1) is 6.92 Å². The predicted octanol–water partition coefficient (Wildman–Crippen LogP) is 3.35. The average molecular weight is 322 g/mol. The van der Waals surface area contributed by atoms with E-state index in [1.54, 1.807) is 12.5 Å². The van der Waals surface area contributed by atoms with Crippen molar-refractivity contribution in [2.75, 3.05) is 6.61 Å². The minimum absolute atomic E-state index is 0.0266. The second-order valence-electron chi connectivity index (χ2n) is 5.32. The molecule has 0 aliphatic heterocycles. The second kappa shape index (κ2) is 7.46. The van der Waals surface area contributed by atoms with E-state index in [9.17, 15) is 4.79 Å². The number of aryl methyl sites for hydroxylation is 1. The average Bonchev–Trinajstić information content (AvgIpc) is 3.14. The Labute approximate surface area is 140 Å². The van der Waals surface area contributed by atoms with Gasteiger partial charge in [-0.25, -0.2) is 0 Å². The first-order chi connectivity index (χ1) is 11.7. The van der Waals surface area contributed by atoms with Crippen LogP contribution in [-0.2, 0) is 11.3 Å². The topological polar surface area (TPSA) is 64.4 Å². The number of rotatable bonds is 6. The first kappa shape index (κ1) is 15.8. The molecule has 0 atom stereocenters. The number of hydrogen-bond donors (Lipinski definition) is 1. The van der Waals surface area contributed by atoms with Crippen LogP contribution >= 0.6 is 0 Å². The van der Waals surface area contributed by atoms with Crippen LogP contribution in [0.5, 0.6) is 5.75 Å². The third kappa shape index (κ3) is 3.81. The van der Waals surface area contributed by atoms with E-state index in [1.165, 1.54) is 0 Å². The number of pyridine rings is 1. The van der Waals surface area contributed by atoms with Gasteiger partial charge >= 0.3 is 0 Å². The summed E-state index contributed by atoms with van der Waals surface area (Å²) in [4.78, 5) is 16.3. The van der Waals surface area contributed by atoms with Crippen LogP contribution in [0.15, 0.2) is 65.4 Å². The van der Waals surface area contributed by atoms with E-state index in [1.807, 2.05) is 55.5 Å². The van der Waals surface area contributed by atoms with Crippen LogP contribution in [0.1, 0.15) is 11.1 Å². The quantitative estimate of drug-likeness (QED) is 0.756. The number of hydrogen-bond acceptors (Lipinski definition) is 4. The summed E-state index contributed by atoms with van der Waals surface area (Å²) < 4.78 is 10.9. The van der Waals surface area contributed by atoms with Gasteiger partial charge in [-0.2, -0.15) is 0 Å². The van der Waals surface area contributed by atoms with Gasteiger partial charge < -0.3 is 14.5 Å². The van der Waals surface area contributed by atoms with Gasteiger partial charge in [0.2, 0.25) is 0 Å². The molecule has 122 valence electrons. The zero-order chi connectivity index (χ0) is 16.8. The van der Waals surface area contributed by atoms with E-state index in [2.05, 4.69) is 10.3 Å². The number of ether oxygens (including phenoxy) is 1. The molecule has 2 heterocycles. The number of para-hydroxylation sites is 1. The molecule has 0 saturated carbocycles. The van der Waals surface area contributed by atoms with Crippen molar-refractivity contribution in [2.45, 2.75) is 13.5 Å². The van der Waals surface area contributed by atoms with Crippen molar-refractivity contribution in [2.24, 2.45) is 0 Å². The van der Waals surface area contributed by atoms with E-state index in [0.29, 0.717) is 18.1 Å². The highest BCUT2D eigenvalue weighted by atomic mass is 16.5. The third-order valence-corrected chi connectivity index (χ3v) is 3.57. The summed E-state index contributed by atoms with van der Waals surface area (Å²) in [5.41, 5.74) is 2.61. The van der Waals surface area contributed by atoms with Crippen molar-refractivity contribution in [3.05, 3.63) is 72.1 Å². The molecule has 24 heavy (non-hydrogen) atoms. The summed E-state index contributed by atoms with van der Waals surface area (Å²) in [6, 6.07) is 15.0. The van der Waals surface area contributed by atoms with Gasteiger partial charge in [-0.3, -0.25) is 9.78 Å². The van der Waals surface area contributed by atoms with Gasteiger partial charge in [-0.05, 0) is 36.8 Å². The number of aromatic nitrogens is 1. The highest BCUT2D eigenvalue weighted by molar-refractivity contribution is 5.77. The first-order valence-electron chi connectivity index (χ1n) is 7.67. The standard InChI is InChI=1S/C19H18N2O3/c1-14-6-2-3-8-16(14)24-13-18(22)21-12-15-7-4-10-20-19(15)17-9-5-11-23-17/h2-11H,12-13H2,1H3,(H,21,22). The highest BCUT2D eigenvalue weighted by Crippen LogP contribution is 2.21. The molecule has 0 radical (unpaired) electrons. The SMILES string of the molecule is Cc1ccccc1OCC(=O)NCc1cccnc1-c1ccco1. The summed E-state index contributed by atoms with van der Waals surface area (Å²) in [6.45, 7) is 2.28. The summed E-state index contributed by atoms with van der Waals surface area (Å²) in [5.74, 6) is 1.20. The van der Waals surface area contributed by atoms with Crippen LogP contribution in [-0.4, -0.2) is 17.5 Å². The smallest absolute Gasteiger partial charge is 0.258 e. The number of furan rings is 1. The highest BCUT2D eigenvalue weighted by Gasteiger charge is 2.10. The Morgan fingerprint density at radius 2 is 2.04 bits per heavy atom. The molecule has 3 aromatic rings. The van der Waals surface area contributed by atoms with Crippen molar-refractivity contribution in [3.63, 3.8) is 0 Å². The normalized spacial score (nSPS) is 10.4. The summed E-state index contributed by atoms with van der Waals surface area (Å²) in [5, 5.41) is 2.85. The zero-order valence-corrected chi connectivity index (χ0v) is 13.4. The number of carbonyl (C=O) groups excluding carboxylic acids is 1. The van der Waals surface area contributed by atoms with Crippen LogP contribution in [0.2, 0.25) is 0 Å². The lowest BCUT2D eigenvalue weighted by Gasteiger charge is -2.10. The maximum atomic E-state index is 12.0. The molecule has 1 aromatic carbocycles. The van der Waals surface area contributed by atoms with Crippen molar-refractivity contribution < 1.29 is 13.9 Å². The van der Waals surface area contributed by atoms with Crippen LogP contribution in [0.3, 0.4) is 0 Å². The number of nitrogens with zero attached hydrogens (tertiary/aromatic N) is 1. The van der Waals surface area contributed by atoms with Crippen LogP contribution in [0.25, 0.3) is 11.5 Å². The Balaban J connectivity index is 1.58. The van der Waals surface area contributed by atoms with Crippen LogP contribution in [0.4, 0.5) is 0 Å². The summed E-state index contributed by atoms with van der Waals surface area (Å²) in [7, 11) is 0. The van der Waals surface area contributed by atoms with E-state index in [-0.39, 0.29) is 12.5 Å². The van der Waals surface area contributed by atoms with E-state index in [0.717, 1.165) is 16.8 Å². The molecule has 0 aliphatic carbocycles. The molecule has 5 heteroatoms. The Morgan fingerprint density at radius 1 is 1.17 bits per heavy atom. The largest absolute Gasteiger partial charge is 0.484 e. The van der Waals surface area contributed by atoms with Gasteiger partial charge in [0, 0.05) is 18.3 Å². The molecule has 3 rings (SSSR count). The molecule has 5 nitrogen and oxygen atoms in total. The lowest BCUT2D eigenvalue weighted by Crippen LogP contribution is -2.28. The second-order valence-corrected chi connectivity index (χ2v) is 5.32. The minimum atomic E-state index is -0.187. The Morgan fingerprint density at radius 3 is 2.83 bits per heavy atom. The molecule has 0 saturated heterocycles. The van der Waals surface area contributed by atoms with E-state index in [4.69, 9.17) is 9.15 Å². The van der Waals surface area contributed by atoms with Crippen LogP contribution < -0.4 is 10.1 Å². The Bertz CT molecular complexity index is 813. The maximum absolute atomic E-state index is 12.0. The lowest BCUT2D eigenvalue weighted by molar-refractivity contribution is -0.123. The number of benzene rings is 1. The molecule has 1 amide bonds. The molecule has 0 unspecified atom stereocenters. The van der Waals surface area contributed by atoms with Crippen molar-refractivity contribution in [1.29, 1.82) is 0 Å². The molecular formula is C19H18N2O3. The summed E-state index contributed by atoms with van der Waals surface area (Å²) in [6.07, 6.45) is 3.30. The molecule has 1 N–H and O–H groups in total. The number of carbonyl (C=O) groups is 1. The van der Waals surface area contributed by atoms with E-state index >= 15 is 0 Å². The fourth-order valence-corrected chi connectivity index (χ4v) is 2.32. The third-order valence-electron chi connectivity index (χ3n) is 3.57. The van der Waals surface area contributed by atoms with Gasteiger partial charge in [-0.1, -0.05) is 24.3 Å². The molecule has 0 fully saturated rings. The van der Waals surface area contributed by atoms with Crippen molar-refractivity contribution in [1.82, 2.24) is 10.3 Å². The molecule has 0 aliphatic rings. The van der Waals surface area contributed by atoms with Gasteiger partial charge in [-0.15, -0.1) is 0 Å². The first-order valence-corrected chi connectivity index (χ1v) is 7.67. The number of amides is 1. The van der Waals surface area contributed by atoms with Crippen molar-refractivity contribution in [3.8, 4) is 17.2 Å². The van der Waals surface area contributed by atoms with Gasteiger partial charge in [0.15, 0.2) is 12.4 Å². The Hall–Kier alpha value is -3.08. The molecule has 0 bridgehead atoms. The predicted molar refractivity (Wildman–Crippen MR) is 90.5 cm³/mol. The van der Waals surface area contributed by atoms with Gasteiger partial charge in [0.1, 0.15) is 11.4 Å². The molecule has 2 aromatic heterocycles. The van der Waals surface area contributed by atoms with Gasteiger partial charge in [0.05, 0.1) is 6.26 Å². The minimum Gasteiger partial charge on any atom is -0.484 e. The fraction of sp³-hybridized carbons (Fsp3) is 0.158. The fourth-order valence-electron chi connectivity index (χ4n) is 2.32. The summed E-state index contributed by atoms with van der Waals surface area (Å²) >= 11 is 0. The van der Waals surface area contributed by atoms with E-state index < -0.39 is 0 Å². The van der Waals surface area contributed by atoms with Gasteiger partial charge in [0.25, 0.3) is 5.91 Å². The lowest BCUT2D eigenvalue weighted by atomic mass is 10.1.